The first kappa shape index (κ1) is 12.8. The van der Waals surface area contributed by atoms with E-state index in [1.165, 1.54) is 0 Å². The van der Waals surface area contributed by atoms with Gasteiger partial charge in [-0.05, 0) is 45.1 Å². The standard InChI is InChI=1S/C13H18N2O3/c1-3-15-11(17)13(2,10(16)14-12(15)18)9-7-5-4-6-8-9/h7H,3-6,8H2,1-2H3,(H,14,16,18). The molecular weight excluding hydrogens is 232 g/mol. The highest BCUT2D eigenvalue weighted by molar-refractivity contribution is 6.20. The Morgan fingerprint density at radius 2 is 2.06 bits per heavy atom. The lowest BCUT2D eigenvalue weighted by Gasteiger charge is -2.38. The van der Waals surface area contributed by atoms with Crippen LogP contribution in [0.2, 0.25) is 0 Å². The van der Waals surface area contributed by atoms with Crippen LogP contribution in [0.25, 0.3) is 0 Å². The van der Waals surface area contributed by atoms with E-state index in [-0.39, 0.29) is 6.54 Å². The SMILES string of the molecule is CCN1C(=O)NC(=O)C(C)(C2=CCCCC2)C1=O. The van der Waals surface area contributed by atoms with E-state index in [0.29, 0.717) is 0 Å². The quantitative estimate of drug-likeness (QED) is 0.598. The van der Waals surface area contributed by atoms with Gasteiger partial charge >= 0.3 is 6.03 Å². The van der Waals surface area contributed by atoms with E-state index in [1.807, 2.05) is 6.08 Å². The molecule has 0 bridgehead atoms. The summed E-state index contributed by atoms with van der Waals surface area (Å²) in [5, 5.41) is 2.28. The van der Waals surface area contributed by atoms with E-state index in [4.69, 9.17) is 0 Å². The lowest BCUT2D eigenvalue weighted by Crippen LogP contribution is -2.63. The summed E-state index contributed by atoms with van der Waals surface area (Å²) in [6.45, 7) is 3.63. The molecule has 2 aliphatic rings. The number of nitrogens with one attached hydrogen (secondary N) is 1. The zero-order valence-electron chi connectivity index (χ0n) is 10.8. The van der Waals surface area contributed by atoms with Crippen molar-refractivity contribution in [2.24, 2.45) is 5.41 Å². The van der Waals surface area contributed by atoms with Gasteiger partial charge in [-0.3, -0.25) is 19.8 Å². The number of urea groups is 1. The average Bonchev–Trinajstić information content (AvgIpc) is 2.38. The topological polar surface area (TPSA) is 66.5 Å². The average molecular weight is 250 g/mol. The molecule has 0 saturated carbocycles. The minimum Gasteiger partial charge on any atom is -0.276 e. The summed E-state index contributed by atoms with van der Waals surface area (Å²) in [5.41, 5.74) is -0.355. The van der Waals surface area contributed by atoms with Gasteiger partial charge in [0, 0.05) is 6.54 Å². The van der Waals surface area contributed by atoms with Crippen molar-refractivity contribution in [3.05, 3.63) is 11.6 Å². The summed E-state index contributed by atoms with van der Waals surface area (Å²) < 4.78 is 0. The fourth-order valence-electron chi connectivity index (χ4n) is 2.61. The first-order chi connectivity index (χ1) is 8.51. The third-order valence-corrected chi connectivity index (χ3v) is 3.84. The van der Waals surface area contributed by atoms with Gasteiger partial charge in [-0.15, -0.1) is 0 Å². The highest BCUT2D eigenvalue weighted by atomic mass is 16.2. The summed E-state index contributed by atoms with van der Waals surface area (Å²) in [5.74, 6) is -0.887. The van der Waals surface area contributed by atoms with Crippen LogP contribution in [0, 0.1) is 5.41 Å². The van der Waals surface area contributed by atoms with Gasteiger partial charge in [-0.25, -0.2) is 4.79 Å². The maximum absolute atomic E-state index is 12.4. The first-order valence-corrected chi connectivity index (χ1v) is 6.38. The molecule has 0 aromatic rings. The second-order valence-electron chi connectivity index (χ2n) is 4.91. The maximum atomic E-state index is 12.4. The first-order valence-electron chi connectivity index (χ1n) is 6.38. The number of allylic oxidation sites excluding steroid dienone is 1. The molecule has 0 aromatic carbocycles. The molecule has 1 unspecified atom stereocenters. The summed E-state index contributed by atoms with van der Waals surface area (Å²) >= 11 is 0. The van der Waals surface area contributed by atoms with Crippen molar-refractivity contribution < 1.29 is 14.4 Å². The van der Waals surface area contributed by atoms with Gasteiger partial charge in [0.2, 0.25) is 11.8 Å². The fourth-order valence-corrected chi connectivity index (χ4v) is 2.61. The molecule has 4 amide bonds. The summed E-state index contributed by atoms with van der Waals surface area (Å²) in [6.07, 6.45) is 5.70. The van der Waals surface area contributed by atoms with Crippen LogP contribution in [0.15, 0.2) is 11.6 Å². The summed E-state index contributed by atoms with van der Waals surface area (Å²) in [6, 6.07) is -0.610. The molecule has 0 radical (unpaired) electrons. The van der Waals surface area contributed by atoms with Crippen LogP contribution in [-0.4, -0.2) is 29.3 Å². The molecule has 0 aromatic heterocycles. The lowest BCUT2D eigenvalue weighted by atomic mass is 9.74. The second kappa shape index (κ2) is 4.55. The van der Waals surface area contributed by atoms with Crippen LogP contribution in [0.3, 0.4) is 0 Å². The lowest BCUT2D eigenvalue weighted by molar-refractivity contribution is -0.147. The molecule has 1 atom stereocenters. The number of barbiturate groups is 1. The fraction of sp³-hybridized carbons (Fsp3) is 0.615. The molecule has 2 rings (SSSR count). The number of hydrogen-bond acceptors (Lipinski definition) is 3. The van der Waals surface area contributed by atoms with E-state index < -0.39 is 23.3 Å². The van der Waals surface area contributed by atoms with Gasteiger partial charge in [0.1, 0.15) is 5.41 Å². The van der Waals surface area contributed by atoms with Crippen LogP contribution >= 0.6 is 0 Å². The molecule has 1 heterocycles. The predicted octanol–water partition coefficient (Wildman–Crippen LogP) is 1.59. The Morgan fingerprint density at radius 3 is 2.61 bits per heavy atom. The van der Waals surface area contributed by atoms with E-state index in [0.717, 1.165) is 36.2 Å². The third-order valence-electron chi connectivity index (χ3n) is 3.84. The maximum Gasteiger partial charge on any atom is 0.330 e. The van der Waals surface area contributed by atoms with Gasteiger partial charge in [0.25, 0.3) is 0 Å². The second-order valence-corrected chi connectivity index (χ2v) is 4.91. The summed E-state index contributed by atoms with van der Waals surface area (Å²) in [7, 11) is 0. The number of amides is 4. The van der Waals surface area contributed by atoms with Crippen LogP contribution in [0.1, 0.15) is 39.5 Å². The van der Waals surface area contributed by atoms with Crippen molar-refractivity contribution in [1.29, 1.82) is 0 Å². The normalized spacial score (nSPS) is 29.1. The van der Waals surface area contributed by atoms with Crippen molar-refractivity contribution in [3.63, 3.8) is 0 Å². The van der Waals surface area contributed by atoms with Crippen LogP contribution in [0.4, 0.5) is 4.79 Å². The minimum atomic E-state index is -1.20. The van der Waals surface area contributed by atoms with Crippen molar-refractivity contribution >= 4 is 17.8 Å². The molecule has 5 nitrogen and oxygen atoms in total. The zero-order chi connectivity index (χ0) is 13.3. The Kier molecular flexibility index (Phi) is 3.24. The van der Waals surface area contributed by atoms with E-state index in [2.05, 4.69) is 5.32 Å². The van der Waals surface area contributed by atoms with Crippen LogP contribution in [0.5, 0.6) is 0 Å². The largest absolute Gasteiger partial charge is 0.330 e. The van der Waals surface area contributed by atoms with E-state index >= 15 is 0 Å². The zero-order valence-corrected chi connectivity index (χ0v) is 10.8. The predicted molar refractivity (Wildman–Crippen MR) is 65.6 cm³/mol. The number of rotatable bonds is 2. The van der Waals surface area contributed by atoms with E-state index in [9.17, 15) is 14.4 Å². The number of carbonyl (C=O) groups is 3. The van der Waals surface area contributed by atoms with Crippen molar-refractivity contribution in [2.75, 3.05) is 6.54 Å². The molecule has 1 saturated heterocycles. The Balaban J connectivity index is 2.40. The van der Waals surface area contributed by atoms with Crippen molar-refractivity contribution in [3.8, 4) is 0 Å². The number of hydrogen-bond donors (Lipinski definition) is 1. The molecular formula is C13H18N2O3. The summed E-state index contributed by atoms with van der Waals surface area (Å²) in [4.78, 5) is 37.2. The molecule has 1 fully saturated rings. The van der Waals surface area contributed by atoms with Crippen molar-refractivity contribution in [2.45, 2.75) is 39.5 Å². The molecule has 1 aliphatic carbocycles. The highest BCUT2D eigenvalue weighted by Gasteiger charge is 2.52. The number of carbonyl (C=O) groups excluding carboxylic acids is 3. The highest BCUT2D eigenvalue weighted by Crippen LogP contribution is 2.37. The monoisotopic (exact) mass is 250 g/mol. The molecule has 1 aliphatic heterocycles. The smallest absolute Gasteiger partial charge is 0.276 e. The van der Waals surface area contributed by atoms with Gasteiger partial charge in [-0.1, -0.05) is 6.08 Å². The Morgan fingerprint density at radius 1 is 1.33 bits per heavy atom. The number of nitrogens with zero attached hydrogens (tertiary/aromatic N) is 1. The van der Waals surface area contributed by atoms with Crippen LogP contribution in [-0.2, 0) is 9.59 Å². The van der Waals surface area contributed by atoms with Gasteiger partial charge in [0.15, 0.2) is 0 Å². The van der Waals surface area contributed by atoms with Gasteiger partial charge in [0.05, 0.1) is 0 Å². The minimum absolute atomic E-state index is 0.279. The third kappa shape index (κ3) is 1.74. The van der Waals surface area contributed by atoms with Gasteiger partial charge in [-0.2, -0.15) is 0 Å². The van der Waals surface area contributed by atoms with E-state index in [1.54, 1.807) is 13.8 Å². The number of imide groups is 2. The van der Waals surface area contributed by atoms with Crippen LogP contribution < -0.4 is 5.32 Å². The van der Waals surface area contributed by atoms with Crippen molar-refractivity contribution in [1.82, 2.24) is 10.2 Å². The Labute approximate surface area is 106 Å². The molecule has 5 heteroatoms. The molecule has 18 heavy (non-hydrogen) atoms. The molecule has 98 valence electrons. The Bertz CT molecular complexity index is 442. The van der Waals surface area contributed by atoms with Gasteiger partial charge < -0.3 is 0 Å². The molecule has 0 spiro atoms. The molecule has 1 N–H and O–H groups in total. The Hall–Kier alpha value is -1.65.